The van der Waals surface area contributed by atoms with Crippen molar-refractivity contribution in [3.63, 3.8) is 0 Å². The lowest BCUT2D eigenvalue weighted by Crippen LogP contribution is -2.20. The zero-order valence-corrected chi connectivity index (χ0v) is 12.0. The number of likely N-dealkylation sites (N-methyl/N-ethyl adjacent to an activating group) is 1. The summed E-state index contributed by atoms with van der Waals surface area (Å²) in [5, 5.41) is 3.37. The Morgan fingerprint density at radius 1 is 1.21 bits per heavy atom. The van der Waals surface area contributed by atoms with Crippen LogP contribution in [0, 0.1) is 0 Å². The van der Waals surface area contributed by atoms with Gasteiger partial charge < -0.3 is 15.0 Å². The van der Waals surface area contributed by atoms with Crippen LogP contribution in [0.3, 0.4) is 0 Å². The van der Waals surface area contributed by atoms with Crippen LogP contribution >= 0.6 is 0 Å². The normalized spacial score (nSPS) is 14.5. The number of nitrogens with zero attached hydrogens (tertiary/aromatic N) is 3. The third-order valence-electron chi connectivity index (χ3n) is 3.35. The average Bonchev–Trinajstić information content (AvgIpc) is 2.42. The predicted octanol–water partition coefficient (Wildman–Crippen LogP) is 1.35. The van der Waals surface area contributed by atoms with Crippen LogP contribution < -0.4 is 5.32 Å². The summed E-state index contributed by atoms with van der Waals surface area (Å²) >= 11 is 0. The summed E-state index contributed by atoms with van der Waals surface area (Å²) in [5.74, 6) is 1.00. The highest BCUT2D eigenvalue weighted by atomic mass is 16.5. The van der Waals surface area contributed by atoms with Gasteiger partial charge in [-0.25, -0.2) is 9.97 Å². The molecule has 0 atom stereocenters. The van der Waals surface area contributed by atoms with Gasteiger partial charge in [-0.2, -0.15) is 0 Å². The van der Waals surface area contributed by atoms with Gasteiger partial charge in [0.2, 0.25) is 0 Å². The highest BCUT2D eigenvalue weighted by Gasteiger charge is 2.14. The lowest BCUT2D eigenvalue weighted by Gasteiger charge is -2.18. The molecule has 0 aliphatic heterocycles. The van der Waals surface area contributed by atoms with E-state index in [2.05, 4.69) is 34.3 Å². The van der Waals surface area contributed by atoms with Gasteiger partial charge in [0.1, 0.15) is 12.1 Å². The zero-order valence-electron chi connectivity index (χ0n) is 12.0. The van der Waals surface area contributed by atoms with E-state index in [1.54, 1.807) is 6.33 Å². The van der Waals surface area contributed by atoms with Crippen molar-refractivity contribution in [3.8, 4) is 0 Å². The maximum atomic E-state index is 5.56. The SMILES string of the molecule is CN(C)CCOCCNc1ncnc2c1CCCC2. The van der Waals surface area contributed by atoms with E-state index in [-0.39, 0.29) is 0 Å². The Morgan fingerprint density at radius 3 is 2.89 bits per heavy atom. The molecular formula is C14H24N4O. The van der Waals surface area contributed by atoms with E-state index in [0.717, 1.165) is 38.4 Å². The molecule has 0 spiro atoms. The summed E-state index contributed by atoms with van der Waals surface area (Å²) in [6, 6.07) is 0. The minimum atomic E-state index is 0.715. The first kappa shape index (κ1) is 14.2. The van der Waals surface area contributed by atoms with Gasteiger partial charge in [-0.05, 0) is 39.8 Å². The molecule has 1 aromatic rings. The van der Waals surface area contributed by atoms with Crippen LogP contribution in [-0.2, 0) is 17.6 Å². The molecule has 1 heterocycles. The van der Waals surface area contributed by atoms with Crippen LogP contribution in [0.1, 0.15) is 24.1 Å². The minimum absolute atomic E-state index is 0.715. The van der Waals surface area contributed by atoms with Crippen LogP contribution in [0.25, 0.3) is 0 Å². The molecular weight excluding hydrogens is 240 g/mol. The Balaban J connectivity index is 1.74. The Hall–Kier alpha value is -1.20. The Labute approximate surface area is 115 Å². The summed E-state index contributed by atoms with van der Waals surface area (Å²) in [6.45, 7) is 3.25. The molecule has 2 rings (SSSR count). The molecule has 0 saturated heterocycles. The molecule has 1 aromatic heterocycles. The maximum absolute atomic E-state index is 5.56. The lowest BCUT2D eigenvalue weighted by molar-refractivity contribution is 0.126. The highest BCUT2D eigenvalue weighted by Crippen LogP contribution is 2.23. The number of anilines is 1. The summed E-state index contributed by atoms with van der Waals surface area (Å²) in [4.78, 5) is 10.8. The number of ether oxygens (including phenoxy) is 1. The van der Waals surface area contributed by atoms with Gasteiger partial charge in [0, 0.05) is 24.3 Å². The van der Waals surface area contributed by atoms with Gasteiger partial charge in [0.15, 0.2) is 0 Å². The molecule has 1 aliphatic rings. The minimum Gasteiger partial charge on any atom is -0.378 e. The quantitative estimate of drug-likeness (QED) is 0.753. The van der Waals surface area contributed by atoms with E-state index in [9.17, 15) is 0 Å². The Kier molecular flexibility index (Phi) is 5.54. The highest BCUT2D eigenvalue weighted by molar-refractivity contribution is 5.46. The molecule has 0 unspecified atom stereocenters. The number of hydrogen-bond donors (Lipinski definition) is 1. The number of nitrogens with one attached hydrogen (secondary N) is 1. The van der Waals surface area contributed by atoms with Crippen molar-refractivity contribution in [3.05, 3.63) is 17.6 Å². The second kappa shape index (κ2) is 7.40. The van der Waals surface area contributed by atoms with Crippen molar-refractivity contribution >= 4 is 5.82 Å². The smallest absolute Gasteiger partial charge is 0.132 e. The third-order valence-corrected chi connectivity index (χ3v) is 3.35. The zero-order chi connectivity index (χ0) is 13.5. The summed E-state index contributed by atoms with van der Waals surface area (Å²) in [6.07, 6.45) is 6.34. The molecule has 0 radical (unpaired) electrons. The molecule has 1 N–H and O–H groups in total. The van der Waals surface area contributed by atoms with Gasteiger partial charge in [0.05, 0.1) is 13.2 Å². The lowest BCUT2D eigenvalue weighted by atomic mass is 9.96. The Bertz CT molecular complexity index is 395. The fourth-order valence-corrected chi connectivity index (χ4v) is 2.26. The first-order valence-electron chi connectivity index (χ1n) is 7.06. The number of hydrogen-bond acceptors (Lipinski definition) is 5. The van der Waals surface area contributed by atoms with Gasteiger partial charge in [-0.15, -0.1) is 0 Å². The number of fused-ring (bicyclic) bond motifs is 1. The van der Waals surface area contributed by atoms with Crippen molar-refractivity contribution in [1.29, 1.82) is 0 Å². The largest absolute Gasteiger partial charge is 0.378 e. The number of aryl methyl sites for hydroxylation is 1. The number of aromatic nitrogens is 2. The van der Waals surface area contributed by atoms with Crippen LogP contribution in [0.15, 0.2) is 6.33 Å². The maximum Gasteiger partial charge on any atom is 0.132 e. The molecule has 5 nitrogen and oxygen atoms in total. The Morgan fingerprint density at radius 2 is 2.05 bits per heavy atom. The summed E-state index contributed by atoms with van der Waals surface area (Å²) in [7, 11) is 4.10. The van der Waals surface area contributed by atoms with Crippen LogP contribution in [-0.4, -0.2) is 55.3 Å². The fraction of sp³-hybridized carbons (Fsp3) is 0.714. The van der Waals surface area contributed by atoms with Crippen molar-refractivity contribution in [2.75, 3.05) is 45.7 Å². The van der Waals surface area contributed by atoms with Crippen molar-refractivity contribution in [2.24, 2.45) is 0 Å². The van der Waals surface area contributed by atoms with Crippen molar-refractivity contribution in [2.45, 2.75) is 25.7 Å². The molecule has 106 valence electrons. The second-order valence-electron chi connectivity index (χ2n) is 5.20. The molecule has 0 aromatic carbocycles. The number of rotatable bonds is 7. The van der Waals surface area contributed by atoms with Crippen LogP contribution in [0.5, 0.6) is 0 Å². The monoisotopic (exact) mass is 264 g/mol. The first-order chi connectivity index (χ1) is 9.27. The topological polar surface area (TPSA) is 50.3 Å². The molecule has 0 saturated carbocycles. The summed E-state index contributed by atoms with van der Waals surface area (Å²) in [5.41, 5.74) is 2.53. The van der Waals surface area contributed by atoms with E-state index < -0.39 is 0 Å². The van der Waals surface area contributed by atoms with Gasteiger partial charge >= 0.3 is 0 Å². The third kappa shape index (κ3) is 4.44. The first-order valence-corrected chi connectivity index (χ1v) is 7.06. The fourth-order valence-electron chi connectivity index (χ4n) is 2.26. The molecule has 5 heteroatoms. The summed E-state index contributed by atoms with van der Waals surface area (Å²) < 4.78 is 5.56. The van der Waals surface area contributed by atoms with Gasteiger partial charge in [-0.1, -0.05) is 0 Å². The van der Waals surface area contributed by atoms with E-state index in [1.807, 2.05) is 0 Å². The predicted molar refractivity (Wildman–Crippen MR) is 76.5 cm³/mol. The molecule has 19 heavy (non-hydrogen) atoms. The van der Waals surface area contributed by atoms with Crippen molar-refractivity contribution < 1.29 is 4.74 Å². The molecule has 0 fully saturated rings. The van der Waals surface area contributed by atoms with Gasteiger partial charge in [-0.3, -0.25) is 0 Å². The van der Waals surface area contributed by atoms with Crippen LogP contribution in [0.2, 0.25) is 0 Å². The van der Waals surface area contributed by atoms with E-state index >= 15 is 0 Å². The van der Waals surface area contributed by atoms with Gasteiger partial charge in [0.25, 0.3) is 0 Å². The van der Waals surface area contributed by atoms with Crippen molar-refractivity contribution in [1.82, 2.24) is 14.9 Å². The van der Waals surface area contributed by atoms with Crippen LogP contribution in [0.4, 0.5) is 5.82 Å². The molecule has 0 bridgehead atoms. The van der Waals surface area contributed by atoms with E-state index in [1.165, 1.54) is 24.1 Å². The standard InChI is InChI=1S/C14H24N4O/c1-18(2)8-10-19-9-7-15-14-12-5-3-4-6-13(12)16-11-17-14/h11H,3-10H2,1-2H3,(H,15,16,17). The van der Waals surface area contributed by atoms with E-state index in [0.29, 0.717) is 6.61 Å². The molecule has 0 amide bonds. The average molecular weight is 264 g/mol. The molecule has 1 aliphatic carbocycles. The van der Waals surface area contributed by atoms with E-state index in [4.69, 9.17) is 4.74 Å². The second-order valence-corrected chi connectivity index (χ2v) is 5.20.